The Morgan fingerprint density at radius 2 is 1.83 bits per heavy atom. The van der Waals surface area contributed by atoms with Gasteiger partial charge in [0, 0.05) is 11.3 Å². The molecule has 4 rings (SSSR count). The zero-order valence-electron chi connectivity index (χ0n) is 12.4. The fourth-order valence-corrected chi connectivity index (χ4v) is 3.01. The van der Waals surface area contributed by atoms with Gasteiger partial charge in [-0.2, -0.15) is 4.98 Å². The molecule has 0 amide bonds. The number of fused-ring (bicyclic) bond motifs is 1. The molecule has 0 aliphatic heterocycles. The van der Waals surface area contributed by atoms with Gasteiger partial charge >= 0.3 is 0 Å². The summed E-state index contributed by atoms with van der Waals surface area (Å²) in [5.41, 5.74) is 3.80. The lowest BCUT2D eigenvalue weighted by Gasteiger charge is -1.99. The van der Waals surface area contributed by atoms with Crippen LogP contribution in [0.2, 0.25) is 0 Å². The van der Waals surface area contributed by atoms with Crippen LogP contribution in [0.3, 0.4) is 0 Å². The number of hydrogen-bond donors (Lipinski definition) is 0. The number of nitrogens with zero attached hydrogens (tertiary/aromatic N) is 3. The molecule has 0 atom stereocenters. The third kappa shape index (κ3) is 2.98. The fraction of sp³-hybridized carbons (Fsp3) is 0.118. The Morgan fingerprint density at radius 3 is 2.57 bits per heavy atom. The van der Waals surface area contributed by atoms with Crippen molar-refractivity contribution in [2.75, 3.05) is 0 Å². The van der Waals surface area contributed by atoms with Gasteiger partial charge in [0.2, 0.25) is 0 Å². The van der Waals surface area contributed by atoms with Gasteiger partial charge in [-0.1, -0.05) is 41.2 Å². The van der Waals surface area contributed by atoms with E-state index >= 15 is 0 Å². The first-order valence-corrected chi connectivity index (χ1v) is 8.14. The van der Waals surface area contributed by atoms with Crippen molar-refractivity contribution in [2.24, 2.45) is 0 Å². The molecule has 0 N–H and O–H groups in total. The maximum Gasteiger partial charge on any atom is 0.257 e. The van der Waals surface area contributed by atoms with Gasteiger partial charge in [-0.05, 0) is 36.8 Å². The van der Waals surface area contributed by atoms with Gasteiger partial charge in [-0.25, -0.2) is 4.98 Å². The fourth-order valence-electron chi connectivity index (χ4n) is 2.22. The summed E-state index contributed by atoms with van der Waals surface area (Å²) < 4.78 is 10.9. The SMILES string of the molecule is Cc1noc(-c2ccc(CSc3nc4ccccc4o3)cc2)n1. The molecular weight excluding hydrogens is 310 g/mol. The summed E-state index contributed by atoms with van der Waals surface area (Å²) >= 11 is 1.58. The molecule has 0 aliphatic carbocycles. The molecule has 0 saturated heterocycles. The van der Waals surface area contributed by atoms with Crippen molar-refractivity contribution in [2.45, 2.75) is 17.9 Å². The average Bonchev–Trinajstić information content (AvgIpc) is 3.19. The minimum Gasteiger partial charge on any atom is -0.431 e. The van der Waals surface area contributed by atoms with Crippen molar-refractivity contribution in [1.82, 2.24) is 15.1 Å². The van der Waals surface area contributed by atoms with Crippen molar-refractivity contribution in [3.8, 4) is 11.5 Å². The van der Waals surface area contributed by atoms with Gasteiger partial charge in [0.25, 0.3) is 11.1 Å². The molecule has 23 heavy (non-hydrogen) atoms. The monoisotopic (exact) mass is 323 g/mol. The molecule has 0 fully saturated rings. The molecule has 2 aromatic carbocycles. The number of hydrogen-bond acceptors (Lipinski definition) is 6. The molecule has 0 bridgehead atoms. The second kappa shape index (κ2) is 5.89. The molecule has 0 aliphatic rings. The van der Waals surface area contributed by atoms with E-state index in [4.69, 9.17) is 8.94 Å². The molecular formula is C17H13N3O2S. The summed E-state index contributed by atoms with van der Waals surface area (Å²) in [4.78, 5) is 8.68. The van der Waals surface area contributed by atoms with E-state index in [1.165, 1.54) is 5.56 Å². The van der Waals surface area contributed by atoms with Crippen LogP contribution in [0.15, 0.2) is 62.7 Å². The minimum atomic E-state index is 0.542. The van der Waals surface area contributed by atoms with Crippen LogP contribution in [0.25, 0.3) is 22.6 Å². The molecule has 2 aromatic heterocycles. The number of para-hydroxylation sites is 2. The van der Waals surface area contributed by atoms with Gasteiger partial charge in [-0.3, -0.25) is 0 Å². The molecule has 114 valence electrons. The summed E-state index contributed by atoms with van der Waals surface area (Å²) in [6.07, 6.45) is 0. The molecule has 5 nitrogen and oxygen atoms in total. The maximum absolute atomic E-state index is 5.70. The zero-order chi connectivity index (χ0) is 15.6. The highest BCUT2D eigenvalue weighted by Crippen LogP contribution is 2.27. The Morgan fingerprint density at radius 1 is 1.00 bits per heavy atom. The Kier molecular flexibility index (Phi) is 3.59. The number of oxazole rings is 1. The van der Waals surface area contributed by atoms with E-state index in [0.29, 0.717) is 16.9 Å². The second-order valence-electron chi connectivity index (χ2n) is 5.08. The first-order valence-electron chi connectivity index (χ1n) is 7.16. The van der Waals surface area contributed by atoms with Crippen LogP contribution in [0.1, 0.15) is 11.4 Å². The average molecular weight is 323 g/mol. The van der Waals surface area contributed by atoms with Crippen molar-refractivity contribution in [1.29, 1.82) is 0 Å². The van der Waals surface area contributed by atoms with Gasteiger partial charge < -0.3 is 8.94 Å². The Balaban J connectivity index is 1.46. The smallest absolute Gasteiger partial charge is 0.257 e. The zero-order valence-corrected chi connectivity index (χ0v) is 13.2. The van der Waals surface area contributed by atoms with E-state index in [1.807, 2.05) is 48.5 Å². The van der Waals surface area contributed by atoms with Gasteiger partial charge in [0.15, 0.2) is 11.4 Å². The van der Waals surface area contributed by atoms with Crippen molar-refractivity contribution in [3.63, 3.8) is 0 Å². The van der Waals surface area contributed by atoms with Crippen molar-refractivity contribution < 1.29 is 8.94 Å². The van der Waals surface area contributed by atoms with Crippen LogP contribution in [-0.2, 0) is 5.75 Å². The second-order valence-corrected chi connectivity index (χ2v) is 6.01. The van der Waals surface area contributed by atoms with Crippen LogP contribution < -0.4 is 0 Å². The first kappa shape index (κ1) is 14.0. The summed E-state index contributed by atoms with van der Waals surface area (Å²) in [5, 5.41) is 4.48. The highest BCUT2D eigenvalue weighted by atomic mass is 32.2. The molecule has 0 unspecified atom stereocenters. The lowest BCUT2D eigenvalue weighted by Crippen LogP contribution is -1.83. The Hall–Kier alpha value is -2.60. The number of aryl methyl sites for hydroxylation is 1. The van der Waals surface area contributed by atoms with Crippen molar-refractivity contribution in [3.05, 3.63) is 59.9 Å². The van der Waals surface area contributed by atoms with Gasteiger partial charge in [0.05, 0.1) is 0 Å². The maximum atomic E-state index is 5.70. The number of benzene rings is 2. The lowest BCUT2D eigenvalue weighted by molar-refractivity contribution is 0.425. The predicted octanol–water partition coefficient (Wildman–Crippen LogP) is 4.48. The first-order chi connectivity index (χ1) is 11.3. The third-order valence-corrected chi connectivity index (χ3v) is 4.26. The molecule has 0 radical (unpaired) electrons. The van der Waals surface area contributed by atoms with E-state index in [0.717, 1.165) is 22.4 Å². The van der Waals surface area contributed by atoms with E-state index in [1.54, 1.807) is 18.7 Å². The minimum absolute atomic E-state index is 0.542. The Labute approximate surface area is 136 Å². The molecule has 0 spiro atoms. The molecule has 6 heteroatoms. The summed E-state index contributed by atoms with van der Waals surface area (Å²) in [7, 11) is 0. The van der Waals surface area contributed by atoms with Crippen LogP contribution >= 0.6 is 11.8 Å². The highest BCUT2D eigenvalue weighted by Gasteiger charge is 2.08. The van der Waals surface area contributed by atoms with Crippen LogP contribution in [0.4, 0.5) is 0 Å². The summed E-state index contributed by atoms with van der Waals surface area (Å²) in [5.74, 6) is 1.96. The van der Waals surface area contributed by atoms with Gasteiger partial charge in [-0.15, -0.1) is 0 Å². The lowest BCUT2D eigenvalue weighted by atomic mass is 10.1. The van der Waals surface area contributed by atoms with Crippen LogP contribution in [0, 0.1) is 6.92 Å². The summed E-state index contributed by atoms with van der Waals surface area (Å²) in [6, 6.07) is 15.8. The molecule has 4 aromatic rings. The summed E-state index contributed by atoms with van der Waals surface area (Å²) in [6.45, 7) is 1.80. The molecule has 0 saturated carbocycles. The van der Waals surface area contributed by atoms with E-state index in [9.17, 15) is 0 Å². The van der Waals surface area contributed by atoms with Crippen LogP contribution in [-0.4, -0.2) is 15.1 Å². The topological polar surface area (TPSA) is 65.0 Å². The highest BCUT2D eigenvalue weighted by molar-refractivity contribution is 7.98. The largest absolute Gasteiger partial charge is 0.431 e. The normalized spacial score (nSPS) is 11.2. The van der Waals surface area contributed by atoms with E-state index in [2.05, 4.69) is 15.1 Å². The third-order valence-electron chi connectivity index (χ3n) is 3.37. The van der Waals surface area contributed by atoms with E-state index < -0.39 is 0 Å². The number of aromatic nitrogens is 3. The standard InChI is InChI=1S/C17H13N3O2S/c1-11-18-16(22-20-11)13-8-6-12(7-9-13)10-23-17-19-14-4-2-3-5-15(14)21-17/h2-9H,10H2,1H3. The van der Waals surface area contributed by atoms with Gasteiger partial charge in [0.1, 0.15) is 5.52 Å². The van der Waals surface area contributed by atoms with Crippen LogP contribution in [0.5, 0.6) is 0 Å². The van der Waals surface area contributed by atoms with Crippen molar-refractivity contribution >= 4 is 22.9 Å². The Bertz CT molecular complexity index is 911. The predicted molar refractivity (Wildman–Crippen MR) is 88.0 cm³/mol. The molecule has 2 heterocycles. The van der Waals surface area contributed by atoms with E-state index in [-0.39, 0.29) is 0 Å². The number of thioether (sulfide) groups is 1. The quantitative estimate of drug-likeness (QED) is 0.516. The number of rotatable bonds is 4.